The van der Waals surface area contributed by atoms with E-state index in [2.05, 4.69) is 25.7 Å². The molecule has 0 spiro atoms. The van der Waals surface area contributed by atoms with Gasteiger partial charge in [0, 0.05) is 12.6 Å². The van der Waals surface area contributed by atoms with Crippen molar-refractivity contribution in [3.8, 4) is 0 Å². The number of rotatable bonds is 2. The van der Waals surface area contributed by atoms with Crippen LogP contribution in [0.25, 0.3) is 0 Å². The molecule has 0 aliphatic carbocycles. The van der Waals surface area contributed by atoms with E-state index in [-0.39, 0.29) is 5.41 Å². The van der Waals surface area contributed by atoms with E-state index < -0.39 is 0 Å². The highest BCUT2D eigenvalue weighted by molar-refractivity contribution is 4.80. The zero-order valence-corrected chi connectivity index (χ0v) is 10.1. The molecule has 0 aromatic carbocycles. The van der Waals surface area contributed by atoms with E-state index in [1.54, 1.807) is 0 Å². The van der Waals surface area contributed by atoms with E-state index in [1.165, 1.54) is 38.8 Å². The highest BCUT2D eigenvalue weighted by atomic mass is 15.1. The van der Waals surface area contributed by atoms with E-state index >= 15 is 0 Å². The summed E-state index contributed by atoms with van der Waals surface area (Å²) in [6.45, 7) is 10.3. The van der Waals surface area contributed by atoms with Gasteiger partial charge in [-0.2, -0.15) is 0 Å². The Labute approximate surface area is 88.8 Å². The first-order chi connectivity index (χ1) is 6.50. The van der Waals surface area contributed by atoms with Crippen LogP contribution in [0.4, 0.5) is 0 Å². The van der Waals surface area contributed by atoms with E-state index in [0.717, 1.165) is 6.54 Å². The smallest absolute Gasteiger partial charge is 0.0217 e. The molecule has 2 nitrogen and oxygen atoms in total. The second-order valence-electron chi connectivity index (χ2n) is 5.69. The predicted octanol–water partition coefficient (Wildman–Crippen LogP) is 2.24. The van der Waals surface area contributed by atoms with Crippen molar-refractivity contribution in [3.63, 3.8) is 0 Å². The van der Waals surface area contributed by atoms with E-state index in [9.17, 15) is 0 Å². The Hall–Kier alpha value is -0.0800. The molecule has 0 aromatic rings. The van der Waals surface area contributed by atoms with Gasteiger partial charge in [0.15, 0.2) is 0 Å². The van der Waals surface area contributed by atoms with Gasteiger partial charge in [0.1, 0.15) is 0 Å². The second-order valence-corrected chi connectivity index (χ2v) is 5.69. The summed E-state index contributed by atoms with van der Waals surface area (Å²) in [6.07, 6.45) is 5.52. The molecule has 0 amide bonds. The van der Waals surface area contributed by atoms with Crippen LogP contribution in [0.1, 0.15) is 46.5 Å². The fourth-order valence-electron chi connectivity index (χ4n) is 1.87. The molecule has 1 heterocycles. The third-order valence-corrected chi connectivity index (χ3v) is 3.27. The zero-order valence-electron chi connectivity index (χ0n) is 10.1. The van der Waals surface area contributed by atoms with Crippen molar-refractivity contribution < 1.29 is 0 Å². The van der Waals surface area contributed by atoms with Gasteiger partial charge in [-0.05, 0) is 31.3 Å². The van der Waals surface area contributed by atoms with Crippen LogP contribution in [0.3, 0.4) is 0 Å². The molecule has 0 aromatic heterocycles. The van der Waals surface area contributed by atoms with E-state index in [0.29, 0.717) is 6.04 Å². The van der Waals surface area contributed by atoms with Crippen LogP contribution in [-0.2, 0) is 0 Å². The molecule has 2 N–H and O–H groups in total. The number of hydrogen-bond donors (Lipinski definition) is 1. The molecular weight excluding hydrogens is 172 g/mol. The van der Waals surface area contributed by atoms with Gasteiger partial charge in [0.2, 0.25) is 0 Å². The van der Waals surface area contributed by atoms with E-state index in [4.69, 9.17) is 5.73 Å². The van der Waals surface area contributed by atoms with Crippen LogP contribution < -0.4 is 5.73 Å². The molecule has 84 valence electrons. The van der Waals surface area contributed by atoms with Gasteiger partial charge in [-0.25, -0.2) is 0 Å². The molecule has 1 aliphatic heterocycles. The highest BCUT2D eigenvalue weighted by Gasteiger charge is 2.23. The maximum absolute atomic E-state index is 6.19. The number of likely N-dealkylation sites (tertiary alicyclic amines) is 1. The summed E-state index contributed by atoms with van der Waals surface area (Å²) in [6, 6.07) is 0.306. The molecule has 1 atom stereocenters. The van der Waals surface area contributed by atoms with Crippen molar-refractivity contribution >= 4 is 0 Å². The van der Waals surface area contributed by atoms with E-state index in [1.807, 2.05) is 0 Å². The van der Waals surface area contributed by atoms with Crippen LogP contribution in [0.2, 0.25) is 0 Å². The Morgan fingerprint density at radius 2 is 1.57 bits per heavy atom. The van der Waals surface area contributed by atoms with Gasteiger partial charge in [0.25, 0.3) is 0 Å². The molecule has 1 saturated heterocycles. The van der Waals surface area contributed by atoms with Crippen molar-refractivity contribution in [1.82, 2.24) is 4.90 Å². The SMILES string of the molecule is CC(C)(C)C(N)CN1CCCCCC1. The lowest BCUT2D eigenvalue weighted by atomic mass is 9.87. The maximum Gasteiger partial charge on any atom is 0.0217 e. The average molecular weight is 198 g/mol. The van der Waals surface area contributed by atoms with Crippen LogP contribution in [0.5, 0.6) is 0 Å². The minimum atomic E-state index is 0.242. The molecule has 2 heteroatoms. The average Bonchev–Trinajstić information content (AvgIpc) is 2.31. The van der Waals surface area contributed by atoms with Crippen molar-refractivity contribution in [2.75, 3.05) is 19.6 Å². The number of hydrogen-bond acceptors (Lipinski definition) is 2. The van der Waals surface area contributed by atoms with Crippen molar-refractivity contribution in [2.24, 2.45) is 11.1 Å². The number of nitrogens with two attached hydrogens (primary N) is 1. The Morgan fingerprint density at radius 1 is 1.07 bits per heavy atom. The highest BCUT2D eigenvalue weighted by Crippen LogP contribution is 2.19. The van der Waals surface area contributed by atoms with Gasteiger partial charge >= 0.3 is 0 Å². The zero-order chi connectivity index (χ0) is 10.6. The largest absolute Gasteiger partial charge is 0.326 e. The fourth-order valence-corrected chi connectivity index (χ4v) is 1.87. The van der Waals surface area contributed by atoms with Gasteiger partial charge in [-0.3, -0.25) is 0 Å². The van der Waals surface area contributed by atoms with Crippen LogP contribution in [0.15, 0.2) is 0 Å². The molecule has 1 rings (SSSR count). The van der Waals surface area contributed by atoms with Crippen molar-refractivity contribution in [2.45, 2.75) is 52.5 Å². The lowest BCUT2D eigenvalue weighted by Crippen LogP contribution is -2.45. The summed E-state index contributed by atoms with van der Waals surface area (Å²) in [4.78, 5) is 2.54. The minimum absolute atomic E-state index is 0.242. The third kappa shape index (κ3) is 3.97. The summed E-state index contributed by atoms with van der Waals surface area (Å²) in [5.41, 5.74) is 6.43. The van der Waals surface area contributed by atoms with Gasteiger partial charge in [0.05, 0.1) is 0 Å². The first-order valence-corrected chi connectivity index (χ1v) is 5.98. The lowest BCUT2D eigenvalue weighted by Gasteiger charge is -2.32. The molecule has 1 aliphatic rings. The van der Waals surface area contributed by atoms with Gasteiger partial charge < -0.3 is 10.6 Å². The predicted molar refractivity (Wildman–Crippen MR) is 62.3 cm³/mol. The van der Waals surface area contributed by atoms with Crippen LogP contribution >= 0.6 is 0 Å². The summed E-state index contributed by atoms with van der Waals surface area (Å²) < 4.78 is 0. The Morgan fingerprint density at radius 3 is 2.00 bits per heavy atom. The van der Waals surface area contributed by atoms with Crippen LogP contribution in [-0.4, -0.2) is 30.6 Å². The fraction of sp³-hybridized carbons (Fsp3) is 1.00. The molecule has 0 bridgehead atoms. The first kappa shape index (κ1) is 12.0. The Balaban J connectivity index is 2.34. The molecule has 14 heavy (non-hydrogen) atoms. The topological polar surface area (TPSA) is 29.3 Å². The van der Waals surface area contributed by atoms with Crippen molar-refractivity contribution in [3.05, 3.63) is 0 Å². The summed E-state index contributed by atoms with van der Waals surface area (Å²) in [5.74, 6) is 0. The molecule has 0 radical (unpaired) electrons. The first-order valence-electron chi connectivity index (χ1n) is 5.98. The minimum Gasteiger partial charge on any atom is -0.326 e. The Bertz CT molecular complexity index is 152. The normalized spacial score (nSPS) is 23.1. The molecule has 0 saturated carbocycles. The van der Waals surface area contributed by atoms with Crippen LogP contribution in [0, 0.1) is 5.41 Å². The van der Waals surface area contributed by atoms with Crippen molar-refractivity contribution in [1.29, 1.82) is 0 Å². The van der Waals surface area contributed by atoms with Gasteiger partial charge in [-0.1, -0.05) is 33.6 Å². The molecule has 1 unspecified atom stereocenters. The lowest BCUT2D eigenvalue weighted by molar-refractivity contribution is 0.204. The standard InChI is InChI=1S/C12H26N2/c1-12(2,3)11(13)10-14-8-6-4-5-7-9-14/h11H,4-10,13H2,1-3H3. The summed E-state index contributed by atoms with van der Waals surface area (Å²) in [5, 5.41) is 0. The monoisotopic (exact) mass is 198 g/mol. The Kier molecular flexibility index (Phi) is 4.39. The number of nitrogens with zero attached hydrogens (tertiary/aromatic N) is 1. The third-order valence-electron chi connectivity index (χ3n) is 3.27. The summed E-state index contributed by atoms with van der Waals surface area (Å²) >= 11 is 0. The second kappa shape index (κ2) is 5.13. The maximum atomic E-state index is 6.19. The molecular formula is C12H26N2. The molecule has 1 fully saturated rings. The van der Waals surface area contributed by atoms with Gasteiger partial charge in [-0.15, -0.1) is 0 Å². The summed E-state index contributed by atoms with van der Waals surface area (Å²) in [7, 11) is 0. The quantitative estimate of drug-likeness (QED) is 0.737.